The lowest BCUT2D eigenvalue weighted by atomic mass is 9.89. The summed E-state index contributed by atoms with van der Waals surface area (Å²) < 4.78 is 5.13. The lowest BCUT2D eigenvalue weighted by molar-refractivity contribution is 0.0677. The number of pyridine rings is 1. The molecule has 0 saturated carbocycles. The molecule has 0 aliphatic carbocycles. The van der Waals surface area contributed by atoms with Crippen molar-refractivity contribution in [3.05, 3.63) is 50.8 Å². The maximum Gasteiger partial charge on any atom is 0.256 e. The minimum Gasteiger partial charge on any atom is -0.383 e. The van der Waals surface area contributed by atoms with E-state index in [0.717, 1.165) is 28.1 Å². The second-order valence-corrected chi connectivity index (χ2v) is 7.08. The van der Waals surface area contributed by atoms with E-state index in [2.05, 4.69) is 4.98 Å². The summed E-state index contributed by atoms with van der Waals surface area (Å²) in [6.45, 7) is 3.83. The molecule has 2 N–H and O–H groups in total. The Morgan fingerprint density at radius 3 is 2.73 bits per heavy atom. The van der Waals surface area contributed by atoms with Crippen LogP contribution in [0.5, 0.6) is 0 Å². The van der Waals surface area contributed by atoms with E-state index < -0.39 is 0 Å². The highest BCUT2D eigenvalue weighted by Crippen LogP contribution is 2.38. The van der Waals surface area contributed by atoms with Crippen LogP contribution in [0.25, 0.3) is 11.1 Å². The minimum atomic E-state index is -0.0634. The molecule has 0 radical (unpaired) electrons. The molecule has 0 bridgehead atoms. The SMILES string of the molecule is COCCN1CCc2nc(C)c(CN)c(-c3ccc(Cl)cc3Cl)c2C1=O. The molecule has 2 aromatic rings. The van der Waals surface area contributed by atoms with Gasteiger partial charge in [-0.05, 0) is 24.6 Å². The molecule has 0 atom stereocenters. The van der Waals surface area contributed by atoms with Gasteiger partial charge in [0.2, 0.25) is 0 Å². The first-order valence-corrected chi connectivity index (χ1v) is 9.19. The van der Waals surface area contributed by atoms with Crippen LogP contribution in [0.15, 0.2) is 18.2 Å². The fourth-order valence-corrected chi connectivity index (χ4v) is 3.87. The van der Waals surface area contributed by atoms with E-state index in [1.165, 1.54) is 0 Å². The first-order valence-electron chi connectivity index (χ1n) is 8.44. The van der Waals surface area contributed by atoms with Gasteiger partial charge < -0.3 is 15.4 Å². The van der Waals surface area contributed by atoms with Crippen LogP contribution in [0.2, 0.25) is 10.0 Å². The number of carbonyl (C=O) groups is 1. The minimum absolute atomic E-state index is 0.0634. The zero-order valence-corrected chi connectivity index (χ0v) is 16.3. The number of benzene rings is 1. The van der Waals surface area contributed by atoms with Gasteiger partial charge in [-0.2, -0.15) is 0 Å². The average Bonchev–Trinajstić information content (AvgIpc) is 2.60. The molecule has 3 rings (SSSR count). The summed E-state index contributed by atoms with van der Waals surface area (Å²) >= 11 is 12.5. The van der Waals surface area contributed by atoms with Gasteiger partial charge in [-0.1, -0.05) is 29.3 Å². The van der Waals surface area contributed by atoms with Gasteiger partial charge in [0.15, 0.2) is 0 Å². The second kappa shape index (κ2) is 7.92. The molecule has 0 spiro atoms. The molecule has 1 aromatic heterocycles. The highest BCUT2D eigenvalue weighted by atomic mass is 35.5. The van der Waals surface area contributed by atoms with Crippen molar-refractivity contribution in [3.63, 3.8) is 0 Å². The maximum absolute atomic E-state index is 13.2. The Morgan fingerprint density at radius 1 is 1.31 bits per heavy atom. The Hall–Kier alpha value is -1.66. The third kappa shape index (κ3) is 3.45. The van der Waals surface area contributed by atoms with E-state index in [-0.39, 0.29) is 12.5 Å². The number of hydrogen-bond donors (Lipinski definition) is 1. The molecule has 2 heterocycles. The Morgan fingerprint density at radius 2 is 2.08 bits per heavy atom. The van der Waals surface area contributed by atoms with Gasteiger partial charge in [-0.3, -0.25) is 9.78 Å². The van der Waals surface area contributed by atoms with Crippen molar-refractivity contribution in [2.45, 2.75) is 19.9 Å². The number of halogens is 2. The maximum atomic E-state index is 13.2. The molecule has 26 heavy (non-hydrogen) atoms. The number of ether oxygens (including phenoxy) is 1. The van der Waals surface area contributed by atoms with Crippen LogP contribution in [-0.2, 0) is 17.7 Å². The fourth-order valence-electron chi connectivity index (χ4n) is 3.37. The number of hydrogen-bond acceptors (Lipinski definition) is 4. The lowest BCUT2D eigenvalue weighted by Gasteiger charge is -2.31. The zero-order chi connectivity index (χ0) is 18.8. The van der Waals surface area contributed by atoms with Crippen LogP contribution in [0.1, 0.15) is 27.3 Å². The predicted octanol–water partition coefficient (Wildman–Crippen LogP) is 3.47. The lowest BCUT2D eigenvalue weighted by Crippen LogP contribution is -2.40. The molecule has 138 valence electrons. The third-order valence-electron chi connectivity index (χ3n) is 4.67. The summed E-state index contributed by atoms with van der Waals surface area (Å²) in [5.41, 5.74) is 10.6. The van der Waals surface area contributed by atoms with E-state index >= 15 is 0 Å². The topological polar surface area (TPSA) is 68.4 Å². The Kier molecular flexibility index (Phi) is 5.82. The van der Waals surface area contributed by atoms with Crippen LogP contribution >= 0.6 is 23.2 Å². The number of carbonyl (C=O) groups excluding carboxylic acids is 1. The van der Waals surface area contributed by atoms with E-state index in [0.29, 0.717) is 41.7 Å². The van der Waals surface area contributed by atoms with Crippen LogP contribution in [0, 0.1) is 6.92 Å². The monoisotopic (exact) mass is 393 g/mol. The van der Waals surface area contributed by atoms with Gasteiger partial charge >= 0.3 is 0 Å². The van der Waals surface area contributed by atoms with Crippen molar-refractivity contribution >= 4 is 29.1 Å². The summed E-state index contributed by atoms with van der Waals surface area (Å²) in [5, 5.41) is 1.03. The number of methoxy groups -OCH3 is 1. The standard InChI is InChI=1S/C19H21Cl2N3O2/c1-11-14(10-22)17(13-4-3-12(20)9-15(13)21)18-16(23-11)5-6-24(19(18)25)7-8-26-2/h3-4,9H,5-8,10,22H2,1-2H3. The van der Waals surface area contributed by atoms with E-state index in [1.807, 2.05) is 13.0 Å². The largest absolute Gasteiger partial charge is 0.383 e. The summed E-state index contributed by atoms with van der Waals surface area (Å²) in [7, 11) is 1.62. The molecular formula is C19H21Cl2N3O2. The molecule has 1 aromatic carbocycles. The zero-order valence-electron chi connectivity index (χ0n) is 14.8. The average molecular weight is 394 g/mol. The van der Waals surface area contributed by atoms with Crippen LogP contribution in [-0.4, -0.2) is 42.6 Å². The van der Waals surface area contributed by atoms with Crippen molar-refractivity contribution in [2.75, 3.05) is 26.8 Å². The molecular weight excluding hydrogens is 373 g/mol. The molecule has 0 unspecified atom stereocenters. The van der Waals surface area contributed by atoms with Gasteiger partial charge in [-0.15, -0.1) is 0 Å². The van der Waals surface area contributed by atoms with Crippen molar-refractivity contribution in [3.8, 4) is 11.1 Å². The number of amides is 1. The first-order chi connectivity index (χ1) is 12.5. The summed E-state index contributed by atoms with van der Waals surface area (Å²) in [4.78, 5) is 19.6. The van der Waals surface area contributed by atoms with E-state index in [4.69, 9.17) is 33.7 Å². The third-order valence-corrected chi connectivity index (χ3v) is 5.22. The summed E-state index contributed by atoms with van der Waals surface area (Å²) in [6, 6.07) is 5.28. The fraction of sp³-hybridized carbons (Fsp3) is 0.368. The number of nitrogens with zero attached hydrogens (tertiary/aromatic N) is 2. The molecule has 1 aliphatic rings. The number of rotatable bonds is 5. The van der Waals surface area contributed by atoms with Crippen LogP contribution < -0.4 is 5.73 Å². The number of fused-ring (bicyclic) bond motifs is 1. The molecule has 0 saturated heterocycles. The predicted molar refractivity (Wildman–Crippen MR) is 104 cm³/mol. The van der Waals surface area contributed by atoms with Crippen molar-refractivity contribution in [1.82, 2.24) is 9.88 Å². The Balaban J connectivity index is 2.23. The van der Waals surface area contributed by atoms with Gasteiger partial charge in [0.05, 0.1) is 17.9 Å². The van der Waals surface area contributed by atoms with E-state index in [9.17, 15) is 4.79 Å². The van der Waals surface area contributed by atoms with Crippen LogP contribution in [0.4, 0.5) is 0 Å². The van der Waals surface area contributed by atoms with E-state index in [1.54, 1.807) is 24.1 Å². The van der Waals surface area contributed by atoms with Gasteiger partial charge in [0, 0.05) is 60.0 Å². The molecule has 7 heteroatoms. The number of aromatic nitrogens is 1. The number of aryl methyl sites for hydroxylation is 1. The Labute approximate surface area is 163 Å². The van der Waals surface area contributed by atoms with Crippen molar-refractivity contribution < 1.29 is 9.53 Å². The van der Waals surface area contributed by atoms with Crippen molar-refractivity contribution in [1.29, 1.82) is 0 Å². The first kappa shape index (κ1) is 19.1. The van der Waals surface area contributed by atoms with Gasteiger partial charge in [0.25, 0.3) is 5.91 Å². The smallest absolute Gasteiger partial charge is 0.256 e. The summed E-state index contributed by atoms with van der Waals surface area (Å²) in [6.07, 6.45) is 0.689. The second-order valence-electron chi connectivity index (χ2n) is 6.24. The van der Waals surface area contributed by atoms with Crippen LogP contribution in [0.3, 0.4) is 0 Å². The molecule has 0 fully saturated rings. The normalized spacial score (nSPS) is 13.9. The quantitative estimate of drug-likeness (QED) is 0.843. The van der Waals surface area contributed by atoms with Crippen molar-refractivity contribution in [2.24, 2.45) is 5.73 Å². The molecule has 5 nitrogen and oxygen atoms in total. The highest BCUT2D eigenvalue weighted by molar-refractivity contribution is 6.36. The Bertz CT molecular complexity index is 855. The number of nitrogens with two attached hydrogens (primary N) is 1. The summed E-state index contributed by atoms with van der Waals surface area (Å²) in [5.74, 6) is -0.0634. The highest BCUT2D eigenvalue weighted by Gasteiger charge is 2.31. The molecule has 1 aliphatic heterocycles. The van der Waals surface area contributed by atoms with Gasteiger partial charge in [0.1, 0.15) is 0 Å². The molecule has 1 amide bonds. The van der Waals surface area contributed by atoms with Gasteiger partial charge in [-0.25, -0.2) is 0 Å².